The largest absolute Gasteiger partial charge is 0.396 e. The Balaban J connectivity index is 3.13. The molecule has 0 saturated carbocycles. The summed E-state index contributed by atoms with van der Waals surface area (Å²) < 4.78 is 0. The van der Waals surface area contributed by atoms with Crippen LogP contribution in [0.5, 0.6) is 0 Å². The van der Waals surface area contributed by atoms with Crippen molar-refractivity contribution in [3.63, 3.8) is 0 Å². The molecule has 0 unspecified atom stereocenters. The van der Waals surface area contributed by atoms with E-state index >= 15 is 0 Å². The van der Waals surface area contributed by atoms with E-state index in [0.717, 1.165) is 19.3 Å². The van der Waals surface area contributed by atoms with Crippen LogP contribution in [0, 0.1) is 0 Å². The number of aliphatic hydroxyl groups excluding tert-OH is 1. The summed E-state index contributed by atoms with van der Waals surface area (Å²) in [7, 11) is 0. The van der Waals surface area contributed by atoms with Gasteiger partial charge in [-0.2, -0.15) is 0 Å². The molecule has 14 heavy (non-hydrogen) atoms. The maximum absolute atomic E-state index is 8.54. The van der Waals surface area contributed by atoms with E-state index < -0.39 is 0 Å². The van der Waals surface area contributed by atoms with E-state index in [4.69, 9.17) is 5.11 Å². The first kappa shape index (κ1) is 13.4. The molecular formula is C13H24O. The third-order valence-electron chi connectivity index (χ3n) is 2.11. The van der Waals surface area contributed by atoms with Crippen molar-refractivity contribution in [3.8, 4) is 0 Å². The van der Waals surface area contributed by atoms with E-state index in [9.17, 15) is 0 Å². The normalized spacial score (nSPS) is 11.9. The van der Waals surface area contributed by atoms with Crippen LogP contribution < -0.4 is 0 Å². The molecule has 0 atom stereocenters. The zero-order valence-corrected chi connectivity index (χ0v) is 9.41. The van der Waals surface area contributed by atoms with Gasteiger partial charge in [0.05, 0.1) is 0 Å². The highest BCUT2D eigenvalue weighted by atomic mass is 16.2. The third-order valence-corrected chi connectivity index (χ3v) is 2.11. The van der Waals surface area contributed by atoms with E-state index in [0.29, 0.717) is 6.61 Å². The highest BCUT2D eigenvalue weighted by Crippen LogP contribution is 2.00. The molecule has 0 aliphatic rings. The van der Waals surface area contributed by atoms with Gasteiger partial charge in [0.15, 0.2) is 0 Å². The van der Waals surface area contributed by atoms with Gasteiger partial charge in [-0.3, -0.25) is 0 Å². The van der Waals surface area contributed by atoms with Gasteiger partial charge in [0.25, 0.3) is 0 Å². The lowest BCUT2D eigenvalue weighted by Gasteiger charge is -1.91. The van der Waals surface area contributed by atoms with Gasteiger partial charge in [-0.25, -0.2) is 0 Å². The fourth-order valence-corrected chi connectivity index (χ4v) is 1.23. The summed E-state index contributed by atoms with van der Waals surface area (Å²) in [5.41, 5.74) is 0. The van der Waals surface area contributed by atoms with Gasteiger partial charge in [0, 0.05) is 6.61 Å². The van der Waals surface area contributed by atoms with Crippen LogP contribution in [0.4, 0.5) is 0 Å². The molecule has 0 aromatic carbocycles. The summed E-state index contributed by atoms with van der Waals surface area (Å²) >= 11 is 0. The highest BCUT2D eigenvalue weighted by Gasteiger charge is 1.81. The van der Waals surface area contributed by atoms with Crippen molar-refractivity contribution in [1.29, 1.82) is 0 Å². The lowest BCUT2D eigenvalue weighted by atomic mass is 10.2. The zero-order valence-electron chi connectivity index (χ0n) is 9.41. The summed E-state index contributed by atoms with van der Waals surface area (Å²) in [4.78, 5) is 0. The van der Waals surface area contributed by atoms with E-state index in [-0.39, 0.29) is 0 Å². The quantitative estimate of drug-likeness (QED) is 0.439. The number of aliphatic hydroxyl groups is 1. The number of rotatable bonds is 9. The van der Waals surface area contributed by atoms with E-state index in [1.807, 2.05) is 0 Å². The van der Waals surface area contributed by atoms with Crippen molar-refractivity contribution in [2.45, 2.75) is 51.9 Å². The monoisotopic (exact) mass is 196 g/mol. The van der Waals surface area contributed by atoms with Crippen LogP contribution in [0.15, 0.2) is 24.3 Å². The van der Waals surface area contributed by atoms with E-state index in [2.05, 4.69) is 31.2 Å². The Labute approximate surface area is 88.5 Å². The molecule has 1 heteroatoms. The van der Waals surface area contributed by atoms with Crippen LogP contribution in [0.2, 0.25) is 0 Å². The third kappa shape index (κ3) is 11.4. The first-order valence-electron chi connectivity index (χ1n) is 5.82. The van der Waals surface area contributed by atoms with Gasteiger partial charge in [-0.1, -0.05) is 44.1 Å². The molecule has 0 amide bonds. The Morgan fingerprint density at radius 3 is 2.07 bits per heavy atom. The molecule has 0 heterocycles. The maximum Gasteiger partial charge on any atom is 0.0433 e. The minimum Gasteiger partial charge on any atom is -0.396 e. The lowest BCUT2D eigenvalue weighted by molar-refractivity contribution is 0.289. The van der Waals surface area contributed by atoms with Crippen molar-refractivity contribution >= 4 is 0 Å². The molecule has 1 nitrogen and oxygen atoms in total. The van der Waals surface area contributed by atoms with Gasteiger partial charge >= 0.3 is 0 Å². The average molecular weight is 196 g/mol. The summed E-state index contributed by atoms with van der Waals surface area (Å²) in [6, 6.07) is 0. The van der Waals surface area contributed by atoms with Gasteiger partial charge < -0.3 is 5.11 Å². The Morgan fingerprint density at radius 2 is 1.50 bits per heavy atom. The van der Waals surface area contributed by atoms with Crippen molar-refractivity contribution < 1.29 is 5.11 Å². The molecule has 0 bridgehead atoms. The second kappa shape index (κ2) is 12.4. The van der Waals surface area contributed by atoms with Gasteiger partial charge in [0.1, 0.15) is 0 Å². The number of hydrogen-bond donors (Lipinski definition) is 1. The lowest BCUT2D eigenvalue weighted by Crippen LogP contribution is -1.77. The standard InChI is InChI=1S/C13H24O/c1-2-3-4-5-6-7-8-9-10-11-12-13-14/h6-7,9-10,14H,2-5,8,11-13H2,1H3/b7-6-,10-9-. The minimum atomic E-state index is 0.303. The molecule has 0 rings (SSSR count). The Kier molecular flexibility index (Phi) is 11.9. The summed E-state index contributed by atoms with van der Waals surface area (Å²) in [5, 5.41) is 8.54. The molecule has 1 N–H and O–H groups in total. The average Bonchev–Trinajstić information content (AvgIpc) is 2.21. The zero-order chi connectivity index (χ0) is 10.5. The number of hydrogen-bond acceptors (Lipinski definition) is 1. The van der Waals surface area contributed by atoms with Crippen molar-refractivity contribution in [2.24, 2.45) is 0 Å². The minimum absolute atomic E-state index is 0.303. The van der Waals surface area contributed by atoms with Crippen LogP contribution >= 0.6 is 0 Å². The SMILES string of the molecule is CCCCC/C=C\C/C=C\CCCO. The molecule has 0 spiro atoms. The van der Waals surface area contributed by atoms with Crippen LogP contribution in [0.1, 0.15) is 51.9 Å². The Morgan fingerprint density at radius 1 is 0.857 bits per heavy atom. The summed E-state index contributed by atoms with van der Waals surface area (Å²) in [5.74, 6) is 0. The Hall–Kier alpha value is -0.560. The molecule has 0 aromatic rings. The smallest absolute Gasteiger partial charge is 0.0433 e. The predicted molar refractivity (Wildman–Crippen MR) is 63.4 cm³/mol. The second-order valence-electron chi connectivity index (χ2n) is 3.54. The molecule has 0 aromatic heterocycles. The summed E-state index contributed by atoms with van der Waals surface area (Å²) in [6.07, 6.45) is 16.9. The summed E-state index contributed by atoms with van der Waals surface area (Å²) in [6.45, 7) is 2.53. The number of unbranched alkanes of at least 4 members (excludes halogenated alkanes) is 4. The van der Waals surface area contributed by atoms with Gasteiger partial charge in [0.2, 0.25) is 0 Å². The predicted octanol–water partition coefficient (Wildman–Crippen LogP) is 3.84. The molecule has 0 saturated heterocycles. The fourth-order valence-electron chi connectivity index (χ4n) is 1.23. The number of allylic oxidation sites excluding steroid dienone is 4. The molecular weight excluding hydrogens is 172 g/mol. The van der Waals surface area contributed by atoms with E-state index in [1.54, 1.807) is 0 Å². The molecule has 0 aliphatic carbocycles. The highest BCUT2D eigenvalue weighted by molar-refractivity contribution is 4.92. The van der Waals surface area contributed by atoms with Crippen molar-refractivity contribution in [1.82, 2.24) is 0 Å². The molecule has 0 fully saturated rings. The van der Waals surface area contributed by atoms with Crippen molar-refractivity contribution in [3.05, 3.63) is 24.3 Å². The Bertz CT molecular complexity index is 147. The van der Waals surface area contributed by atoms with Crippen molar-refractivity contribution in [2.75, 3.05) is 6.61 Å². The molecule has 0 aliphatic heterocycles. The van der Waals surface area contributed by atoms with Crippen LogP contribution in [-0.4, -0.2) is 11.7 Å². The van der Waals surface area contributed by atoms with Gasteiger partial charge in [-0.15, -0.1) is 0 Å². The first-order valence-corrected chi connectivity index (χ1v) is 5.82. The first-order chi connectivity index (χ1) is 6.91. The maximum atomic E-state index is 8.54. The second-order valence-corrected chi connectivity index (χ2v) is 3.54. The van der Waals surface area contributed by atoms with Crippen LogP contribution in [0.25, 0.3) is 0 Å². The van der Waals surface area contributed by atoms with Crippen LogP contribution in [0.3, 0.4) is 0 Å². The topological polar surface area (TPSA) is 20.2 Å². The van der Waals surface area contributed by atoms with E-state index in [1.165, 1.54) is 25.7 Å². The van der Waals surface area contributed by atoms with Crippen LogP contribution in [-0.2, 0) is 0 Å². The van der Waals surface area contributed by atoms with Gasteiger partial charge in [-0.05, 0) is 32.1 Å². The fraction of sp³-hybridized carbons (Fsp3) is 0.692. The molecule has 82 valence electrons. The molecule has 0 radical (unpaired) electrons.